The van der Waals surface area contributed by atoms with Crippen LogP contribution in [0.4, 0.5) is 0 Å². The van der Waals surface area contributed by atoms with Crippen LogP contribution in [0.2, 0.25) is 0 Å². The lowest BCUT2D eigenvalue weighted by molar-refractivity contribution is -0.870. The molecule has 0 saturated heterocycles. The Kier molecular flexibility index (Phi) is 49.7. The molecule has 0 fully saturated rings. The van der Waals surface area contributed by atoms with Crippen molar-refractivity contribution in [3.05, 3.63) is 12.2 Å². The lowest BCUT2D eigenvalue weighted by atomic mass is 10.0. The number of unbranched alkanes of at least 4 members (excludes halogenated alkanes) is 29. The minimum atomic E-state index is 0. The largest absolute Gasteiger partial charge is 1.00 e. The van der Waals surface area contributed by atoms with Crippen LogP contribution in [-0.4, -0.2) is 64.3 Å². The molecule has 2 nitrogen and oxygen atoms in total. The molecule has 0 aliphatic heterocycles. The van der Waals surface area contributed by atoms with Crippen molar-refractivity contribution in [2.24, 2.45) is 0 Å². The summed E-state index contributed by atoms with van der Waals surface area (Å²) in [5.74, 6) is 0. The molecular formula is C44H94Cl2N2. The molecule has 0 aliphatic rings. The Bertz CT molecular complexity index is 579. The van der Waals surface area contributed by atoms with Gasteiger partial charge in [-0.2, -0.15) is 0 Å². The van der Waals surface area contributed by atoms with E-state index < -0.39 is 0 Å². The Hall–Kier alpha value is 0.240. The average Bonchev–Trinajstić information content (AvgIpc) is 2.99. The van der Waals surface area contributed by atoms with E-state index in [0.29, 0.717) is 0 Å². The third-order valence-corrected chi connectivity index (χ3v) is 9.52. The van der Waals surface area contributed by atoms with E-state index in [0.717, 1.165) is 8.97 Å². The molecule has 0 N–H and O–H groups in total. The standard InChI is InChI=1S/C25H52N.C19H42N.2ClH/c1-5-6-7-8-9-10-11-12-13-14-15-16-17-18-19-20-21-22-23-24-25-26(2,3)4;1-5-6-7-8-9-10-11-12-13-14-15-16-17-18-19-20(2,3)4;;/h12-13H,5-11,14-25H2,1-4H3;5-19H2,1-4H3;2*1H/q2*+1;;/p-2. The van der Waals surface area contributed by atoms with E-state index >= 15 is 0 Å². The van der Waals surface area contributed by atoms with E-state index in [1.54, 1.807) is 0 Å². The molecule has 0 bridgehead atoms. The minimum absolute atomic E-state index is 0. The maximum absolute atomic E-state index is 2.43. The molecule has 0 atom stereocenters. The molecule has 0 amide bonds. The van der Waals surface area contributed by atoms with Crippen LogP contribution in [-0.2, 0) is 0 Å². The molecule has 0 aromatic carbocycles. The number of hydrogen-bond acceptors (Lipinski definition) is 0. The Balaban J connectivity index is -0.000000399. The normalized spacial score (nSPS) is 11.7. The number of rotatable bonds is 35. The van der Waals surface area contributed by atoms with Gasteiger partial charge in [0.25, 0.3) is 0 Å². The summed E-state index contributed by atoms with van der Waals surface area (Å²) in [5.41, 5.74) is 0. The van der Waals surface area contributed by atoms with Crippen LogP contribution in [0.3, 0.4) is 0 Å². The van der Waals surface area contributed by atoms with Gasteiger partial charge in [-0.3, -0.25) is 0 Å². The van der Waals surface area contributed by atoms with Crippen LogP contribution in [0, 0.1) is 0 Å². The van der Waals surface area contributed by atoms with Crippen molar-refractivity contribution >= 4 is 0 Å². The topological polar surface area (TPSA) is 0 Å². The van der Waals surface area contributed by atoms with Crippen molar-refractivity contribution < 1.29 is 33.8 Å². The summed E-state index contributed by atoms with van der Waals surface area (Å²) in [6.07, 6.45) is 50.7. The number of nitrogens with zero attached hydrogens (tertiary/aromatic N) is 2. The van der Waals surface area contributed by atoms with E-state index in [1.807, 2.05) is 0 Å². The van der Waals surface area contributed by atoms with Gasteiger partial charge < -0.3 is 33.8 Å². The van der Waals surface area contributed by atoms with Crippen molar-refractivity contribution in [2.45, 2.75) is 219 Å². The van der Waals surface area contributed by atoms with E-state index in [4.69, 9.17) is 0 Å². The fourth-order valence-electron chi connectivity index (χ4n) is 6.32. The zero-order chi connectivity index (χ0) is 34.5. The maximum atomic E-state index is 2.43. The van der Waals surface area contributed by atoms with Gasteiger partial charge in [0.2, 0.25) is 0 Å². The first-order valence-corrected chi connectivity index (χ1v) is 21.4. The molecule has 0 aliphatic carbocycles. The lowest BCUT2D eigenvalue weighted by Gasteiger charge is -2.23. The highest BCUT2D eigenvalue weighted by atomic mass is 35.5. The highest BCUT2D eigenvalue weighted by Crippen LogP contribution is 2.14. The van der Waals surface area contributed by atoms with Gasteiger partial charge in [0, 0.05) is 0 Å². The second-order valence-corrected chi connectivity index (χ2v) is 17.0. The van der Waals surface area contributed by atoms with Crippen molar-refractivity contribution in [1.82, 2.24) is 0 Å². The fraction of sp³-hybridized carbons (Fsp3) is 0.955. The zero-order valence-electron chi connectivity index (χ0n) is 34.8. The minimum Gasteiger partial charge on any atom is -1.00 e. The number of halogens is 2. The molecule has 48 heavy (non-hydrogen) atoms. The van der Waals surface area contributed by atoms with Gasteiger partial charge >= 0.3 is 0 Å². The van der Waals surface area contributed by atoms with Crippen molar-refractivity contribution in [3.8, 4) is 0 Å². The zero-order valence-corrected chi connectivity index (χ0v) is 36.4. The molecule has 0 radical (unpaired) electrons. The van der Waals surface area contributed by atoms with E-state index in [2.05, 4.69) is 68.3 Å². The Labute approximate surface area is 319 Å². The fourth-order valence-corrected chi connectivity index (χ4v) is 6.32. The molecule has 4 heteroatoms. The summed E-state index contributed by atoms with van der Waals surface area (Å²) < 4.78 is 2.24. The predicted octanol–water partition coefficient (Wildman–Crippen LogP) is 8.47. The van der Waals surface area contributed by atoms with Crippen LogP contribution in [0.25, 0.3) is 0 Å². The summed E-state index contributed by atoms with van der Waals surface area (Å²) >= 11 is 0. The SMILES string of the molecule is CCCCCCCCC=CCCCCCCCCCCCC[N+](C)(C)C.CCCCCCCCCCCCCCCC[N+](C)(C)C.[Cl-].[Cl-]. The number of quaternary nitrogens is 2. The van der Waals surface area contributed by atoms with Crippen LogP contribution in [0.5, 0.6) is 0 Å². The molecule has 294 valence electrons. The molecule has 0 aromatic rings. The van der Waals surface area contributed by atoms with Gasteiger partial charge in [0.15, 0.2) is 0 Å². The predicted molar refractivity (Wildman–Crippen MR) is 214 cm³/mol. The van der Waals surface area contributed by atoms with Crippen LogP contribution < -0.4 is 24.8 Å². The lowest BCUT2D eigenvalue weighted by Crippen LogP contribution is -3.00. The Morgan fingerprint density at radius 2 is 0.458 bits per heavy atom. The monoisotopic (exact) mass is 721 g/mol. The quantitative estimate of drug-likeness (QED) is 0.0350. The first-order chi connectivity index (χ1) is 22.1. The van der Waals surface area contributed by atoms with Crippen molar-refractivity contribution in [2.75, 3.05) is 55.4 Å². The molecule has 0 aromatic heterocycles. The Morgan fingerprint density at radius 3 is 0.667 bits per heavy atom. The van der Waals surface area contributed by atoms with Gasteiger partial charge in [0.05, 0.1) is 55.4 Å². The first kappa shape index (κ1) is 55.0. The summed E-state index contributed by atoms with van der Waals surface area (Å²) in [6.45, 7) is 7.24. The average molecular weight is 722 g/mol. The maximum Gasteiger partial charge on any atom is 0.0780 e. The second-order valence-electron chi connectivity index (χ2n) is 17.0. The van der Waals surface area contributed by atoms with Crippen molar-refractivity contribution in [1.29, 1.82) is 0 Å². The molecule has 0 heterocycles. The summed E-state index contributed by atoms with van der Waals surface area (Å²) in [6, 6.07) is 0. The number of hydrogen-bond donors (Lipinski definition) is 0. The van der Waals surface area contributed by atoms with E-state index in [9.17, 15) is 0 Å². The van der Waals surface area contributed by atoms with Gasteiger partial charge in [-0.1, -0.05) is 180 Å². The summed E-state index contributed by atoms with van der Waals surface area (Å²) in [5, 5.41) is 0. The van der Waals surface area contributed by atoms with Gasteiger partial charge in [-0.15, -0.1) is 0 Å². The Morgan fingerprint density at radius 1 is 0.271 bits per heavy atom. The summed E-state index contributed by atoms with van der Waals surface area (Å²) in [7, 11) is 13.8. The molecule has 0 spiro atoms. The van der Waals surface area contributed by atoms with E-state index in [1.165, 1.54) is 219 Å². The second kappa shape index (κ2) is 43.4. The third-order valence-electron chi connectivity index (χ3n) is 9.52. The highest BCUT2D eigenvalue weighted by Gasteiger charge is 2.06. The molecular weight excluding hydrogens is 627 g/mol. The number of allylic oxidation sites excluding steroid dienone is 2. The van der Waals surface area contributed by atoms with E-state index in [-0.39, 0.29) is 24.8 Å². The van der Waals surface area contributed by atoms with Gasteiger partial charge in [-0.25, -0.2) is 0 Å². The van der Waals surface area contributed by atoms with Crippen molar-refractivity contribution in [3.63, 3.8) is 0 Å². The summed E-state index contributed by atoms with van der Waals surface area (Å²) in [4.78, 5) is 0. The third kappa shape index (κ3) is 58.4. The van der Waals surface area contributed by atoms with Gasteiger partial charge in [-0.05, 0) is 51.4 Å². The molecule has 0 saturated carbocycles. The molecule has 0 rings (SSSR count). The van der Waals surface area contributed by atoms with Crippen LogP contribution in [0.1, 0.15) is 219 Å². The highest BCUT2D eigenvalue weighted by molar-refractivity contribution is 4.81. The van der Waals surface area contributed by atoms with Gasteiger partial charge in [0.1, 0.15) is 0 Å². The van der Waals surface area contributed by atoms with Crippen LogP contribution >= 0.6 is 0 Å². The van der Waals surface area contributed by atoms with Crippen LogP contribution in [0.15, 0.2) is 12.2 Å². The smallest absolute Gasteiger partial charge is 0.0780 e. The first-order valence-electron chi connectivity index (χ1n) is 21.4. The molecule has 0 unspecified atom stereocenters.